The van der Waals surface area contributed by atoms with Gasteiger partial charge in [0.2, 0.25) is 11.7 Å². The second-order valence-electron chi connectivity index (χ2n) is 7.04. The molecule has 1 aliphatic rings. The predicted molar refractivity (Wildman–Crippen MR) is 110 cm³/mol. The Balaban J connectivity index is 1.52. The maximum atomic E-state index is 12.9. The maximum Gasteiger partial charge on any atom is 0.322 e. The number of carbonyl (C=O) groups excluding carboxylic acids is 1. The van der Waals surface area contributed by atoms with Gasteiger partial charge in [-0.25, -0.2) is 4.79 Å². The molecule has 0 saturated carbocycles. The Hall–Kier alpha value is -3.35. The van der Waals surface area contributed by atoms with Gasteiger partial charge < -0.3 is 19.5 Å². The van der Waals surface area contributed by atoms with Crippen LogP contribution in [0.2, 0.25) is 0 Å². The van der Waals surface area contributed by atoms with E-state index in [1.165, 1.54) is 0 Å². The number of rotatable bonds is 5. The van der Waals surface area contributed by atoms with Crippen molar-refractivity contribution in [2.45, 2.75) is 32.7 Å². The molecule has 150 valence electrons. The number of nitrogens with zero attached hydrogens (tertiary/aromatic N) is 3. The van der Waals surface area contributed by atoms with E-state index in [2.05, 4.69) is 15.5 Å². The molecule has 3 aromatic rings. The summed E-state index contributed by atoms with van der Waals surface area (Å²) in [7, 11) is 0. The van der Waals surface area contributed by atoms with E-state index in [4.69, 9.17) is 9.26 Å². The van der Waals surface area contributed by atoms with E-state index < -0.39 is 0 Å². The minimum atomic E-state index is -0.236. The molecule has 7 heteroatoms. The van der Waals surface area contributed by atoms with Crippen molar-refractivity contribution in [1.29, 1.82) is 0 Å². The molecule has 0 aliphatic carbocycles. The molecule has 0 bridgehead atoms. The number of aromatic nitrogens is 2. The minimum Gasteiger partial charge on any atom is -0.492 e. The summed E-state index contributed by atoms with van der Waals surface area (Å²) in [4.78, 5) is 19.3. The highest BCUT2D eigenvalue weighted by Gasteiger charge is 2.34. The Bertz CT molecular complexity index is 1000. The number of nitrogens with one attached hydrogen (secondary N) is 1. The van der Waals surface area contributed by atoms with Gasteiger partial charge in [-0.05, 0) is 44.9 Å². The largest absolute Gasteiger partial charge is 0.492 e. The second kappa shape index (κ2) is 8.34. The molecule has 0 unspecified atom stereocenters. The number of benzene rings is 2. The lowest BCUT2D eigenvalue weighted by molar-refractivity contribution is 0.193. The molecule has 2 heterocycles. The zero-order valence-corrected chi connectivity index (χ0v) is 16.6. The molecule has 4 rings (SSSR count). The standard InChI is InChI=1S/C22H24N4O3/c1-3-28-19-12-5-4-10-17(19)23-22(27)26-13-7-11-18(26)21-24-20(25-29-21)16-9-6-8-15(2)14-16/h4-6,8-10,12,14,18H,3,7,11,13H2,1-2H3,(H,23,27)/t18-/m0/s1. The lowest BCUT2D eigenvalue weighted by Gasteiger charge is -2.23. The molecule has 1 aliphatic heterocycles. The van der Waals surface area contributed by atoms with Gasteiger partial charge in [0.05, 0.1) is 12.3 Å². The quantitative estimate of drug-likeness (QED) is 0.674. The fourth-order valence-corrected chi connectivity index (χ4v) is 3.58. The summed E-state index contributed by atoms with van der Waals surface area (Å²) in [6.45, 7) is 5.10. The van der Waals surface area contributed by atoms with Crippen LogP contribution in [0, 0.1) is 6.92 Å². The molecule has 1 atom stereocenters. The maximum absolute atomic E-state index is 12.9. The molecule has 0 spiro atoms. The number of urea groups is 1. The second-order valence-corrected chi connectivity index (χ2v) is 7.04. The van der Waals surface area contributed by atoms with Crippen molar-refractivity contribution in [3.63, 3.8) is 0 Å². The highest BCUT2D eigenvalue weighted by Crippen LogP contribution is 2.33. The van der Waals surface area contributed by atoms with E-state index in [9.17, 15) is 4.79 Å². The smallest absolute Gasteiger partial charge is 0.322 e. The number of hydrogen-bond acceptors (Lipinski definition) is 5. The van der Waals surface area contributed by atoms with Crippen molar-refractivity contribution in [3.8, 4) is 17.1 Å². The number of amides is 2. The van der Waals surface area contributed by atoms with Gasteiger partial charge in [0, 0.05) is 12.1 Å². The van der Waals surface area contributed by atoms with Gasteiger partial charge in [0.25, 0.3) is 0 Å². The Morgan fingerprint density at radius 1 is 1.28 bits per heavy atom. The van der Waals surface area contributed by atoms with Crippen LogP contribution in [0.15, 0.2) is 53.1 Å². The highest BCUT2D eigenvalue weighted by atomic mass is 16.5. The van der Waals surface area contributed by atoms with Crippen LogP contribution in [0.25, 0.3) is 11.4 Å². The Labute approximate surface area is 169 Å². The van der Waals surface area contributed by atoms with Crippen LogP contribution in [-0.4, -0.2) is 34.2 Å². The van der Waals surface area contributed by atoms with Gasteiger partial charge >= 0.3 is 6.03 Å². The number of para-hydroxylation sites is 2. The van der Waals surface area contributed by atoms with Crippen LogP contribution < -0.4 is 10.1 Å². The average Bonchev–Trinajstić information content (AvgIpc) is 3.39. The van der Waals surface area contributed by atoms with Crippen LogP contribution >= 0.6 is 0 Å². The van der Waals surface area contributed by atoms with Gasteiger partial charge in [0.1, 0.15) is 11.8 Å². The summed E-state index contributed by atoms with van der Waals surface area (Å²) in [6, 6.07) is 14.9. The van der Waals surface area contributed by atoms with Crippen molar-refractivity contribution in [2.75, 3.05) is 18.5 Å². The topological polar surface area (TPSA) is 80.5 Å². The summed E-state index contributed by atoms with van der Waals surface area (Å²) in [6.07, 6.45) is 1.67. The summed E-state index contributed by atoms with van der Waals surface area (Å²) in [5, 5.41) is 7.08. The molecule has 29 heavy (non-hydrogen) atoms. The van der Waals surface area contributed by atoms with E-state index in [0.717, 1.165) is 24.0 Å². The third-order valence-corrected chi connectivity index (χ3v) is 4.95. The number of anilines is 1. The third kappa shape index (κ3) is 4.08. The molecule has 2 amide bonds. The molecule has 1 fully saturated rings. The number of ether oxygens (including phenoxy) is 1. The first-order valence-corrected chi connectivity index (χ1v) is 9.86. The summed E-state index contributed by atoms with van der Waals surface area (Å²) in [5.41, 5.74) is 2.68. The van der Waals surface area contributed by atoms with Crippen molar-refractivity contribution in [3.05, 3.63) is 60.0 Å². The van der Waals surface area contributed by atoms with Gasteiger partial charge in [0.15, 0.2) is 0 Å². The minimum absolute atomic E-state index is 0.199. The van der Waals surface area contributed by atoms with E-state index in [-0.39, 0.29) is 12.1 Å². The fraction of sp³-hybridized carbons (Fsp3) is 0.318. The van der Waals surface area contributed by atoms with Gasteiger partial charge in [-0.2, -0.15) is 4.98 Å². The van der Waals surface area contributed by atoms with E-state index in [1.54, 1.807) is 4.90 Å². The van der Waals surface area contributed by atoms with E-state index in [1.807, 2.05) is 62.4 Å². The van der Waals surface area contributed by atoms with Crippen molar-refractivity contribution in [1.82, 2.24) is 15.0 Å². The Morgan fingerprint density at radius 3 is 2.97 bits per heavy atom. The van der Waals surface area contributed by atoms with Crippen LogP contribution in [-0.2, 0) is 0 Å². The normalized spacial score (nSPS) is 16.1. The Morgan fingerprint density at radius 2 is 2.14 bits per heavy atom. The number of aryl methyl sites for hydroxylation is 1. The van der Waals surface area contributed by atoms with Gasteiger partial charge in [-0.15, -0.1) is 0 Å². The SMILES string of the molecule is CCOc1ccccc1NC(=O)N1CCC[C@H]1c1nc(-c2cccc(C)c2)no1. The van der Waals surface area contributed by atoms with Crippen LogP contribution in [0.5, 0.6) is 5.75 Å². The first-order valence-electron chi connectivity index (χ1n) is 9.86. The van der Waals surface area contributed by atoms with Crippen molar-refractivity contribution >= 4 is 11.7 Å². The molecule has 7 nitrogen and oxygen atoms in total. The third-order valence-electron chi connectivity index (χ3n) is 4.95. The highest BCUT2D eigenvalue weighted by molar-refractivity contribution is 5.91. The zero-order valence-electron chi connectivity index (χ0n) is 16.6. The number of hydrogen-bond donors (Lipinski definition) is 1. The predicted octanol–water partition coefficient (Wildman–Crippen LogP) is 4.81. The lowest BCUT2D eigenvalue weighted by Crippen LogP contribution is -2.34. The first-order chi connectivity index (χ1) is 14.2. The monoisotopic (exact) mass is 392 g/mol. The van der Waals surface area contributed by atoms with E-state index >= 15 is 0 Å². The average molecular weight is 392 g/mol. The van der Waals surface area contributed by atoms with Gasteiger partial charge in [-0.3, -0.25) is 0 Å². The van der Waals surface area contributed by atoms with Gasteiger partial charge in [-0.1, -0.05) is 41.1 Å². The molecule has 1 saturated heterocycles. The van der Waals surface area contributed by atoms with Crippen molar-refractivity contribution < 1.29 is 14.1 Å². The number of carbonyl (C=O) groups is 1. The van der Waals surface area contributed by atoms with Crippen LogP contribution in [0.3, 0.4) is 0 Å². The first kappa shape index (κ1) is 19.0. The van der Waals surface area contributed by atoms with E-state index in [0.29, 0.717) is 36.3 Å². The lowest BCUT2D eigenvalue weighted by atomic mass is 10.1. The molecule has 2 aromatic carbocycles. The molecular weight excluding hydrogens is 368 g/mol. The summed E-state index contributed by atoms with van der Waals surface area (Å²) < 4.78 is 11.1. The zero-order chi connectivity index (χ0) is 20.2. The summed E-state index contributed by atoms with van der Waals surface area (Å²) in [5.74, 6) is 1.66. The van der Waals surface area contributed by atoms with Crippen molar-refractivity contribution in [2.24, 2.45) is 0 Å². The number of likely N-dealkylation sites (tertiary alicyclic amines) is 1. The summed E-state index contributed by atoms with van der Waals surface area (Å²) >= 11 is 0. The molecule has 1 N–H and O–H groups in total. The molecule has 1 aromatic heterocycles. The Kier molecular flexibility index (Phi) is 5.46. The fourth-order valence-electron chi connectivity index (χ4n) is 3.58. The van der Waals surface area contributed by atoms with Crippen LogP contribution in [0.1, 0.15) is 37.3 Å². The molecular formula is C22H24N4O3. The molecule has 0 radical (unpaired) electrons. The van der Waals surface area contributed by atoms with Crippen LogP contribution in [0.4, 0.5) is 10.5 Å².